The number of ether oxygens (including phenoxy) is 2. The monoisotopic (exact) mass is 217 g/mol. The molecule has 0 saturated heterocycles. The molecular formula is C12H27NO2. The molecule has 0 spiro atoms. The molecule has 0 aliphatic carbocycles. The van der Waals surface area contributed by atoms with Crippen LogP contribution in [0.3, 0.4) is 0 Å². The largest absolute Gasteiger partial charge is 0.378 e. The van der Waals surface area contributed by atoms with Crippen LogP contribution in [0.2, 0.25) is 0 Å². The lowest BCUT2D eigenvalue weighted by molar-refractivity contribution is -0.0450. The third-order valence-corrected chi connectivity index (χ3v) is 1.91. The average molecular weight is 217 g/mol. The summed E-state index contributed by atoms with van der Waals surface area (Å²) in [6.07, 6.45) is 0. The molecule has 92 valence electrons. The fourth-order valence-electron chi connectivity index (χ4n) is 1.28. The van der Waals surface area contributed by atoms with E-state index in [4.69, 9.17) is 9.47 Å². The van der Waals surface area contributed by atoms with Gasteiger partial charge >= 0.3 is 0 Å². The molecule has 3 heteroatoms. The van der Waals surface area contributed by atoms with Gasteiger partial charge in [-0.3, -0.25) is 0 Å². The van der Waals surface area contributed by atoms with E-state index in [2.05, 4.69) is 39.9 Å². The zero-order valence-corrected chi connectivity index (χ0v) is 11.1. The second-order valence-corrected chi connectivity index (χ2v) is 5.71. The summed E-state index contributed by atoms with van der Waals surface area (Å²) in [5.74, 6) is 0. The molecule has 0 unspecified atom stereocenters. The topological polar surface area (TPSA) is 30.5 Å². The molecule has 3 nitrogen and oxygen atoms in total. The zero-order chi connectivity index (χ0) is 11.9. The van der Waals surface area contributed by atoms with E-state index >= 15 is 0 Å². The first-order chi connectivity index (χ1) is 6.77. The predicted molar refractivity (Wildman–Crippen MR) is 64.2 cm³/mol. The molecule has 0 rings (SSSR count). The van der Waals surface area contributed by atoms with Crippen molar-refractivity contribution in [2.24, 2.45) is 5.41 Å². The van der Waals surface area contributed by atoms with Crippen LogP contribution >= 0.6 is 0 Å². The van der Waals surface area contributed by atoms with Crippen LogP contribution in [0, 0.1) is 5.41 Å². The predicted octanol–water partition coefficient (Wildman–Crippen LogP) is 2.06. The van der Waals surface area contributed by atoms with Crippen LogP contribution in [-0.2, 0) is 9.47 Å². The maximum atomic E-state index is 5.58. The highest BCUT2D eigenvalue weighted by molar-refractivity contribution is 4.69. The van der Waals surface area contributed by atoms with Gasteiger partial charge in [0.25, 0.3) is 0 Å². The van der Waals surface area contributed by atoms with Gasteiger partial charge in [0.05, 0.1) is 25.4 Å². The number of rotatable bonds is 7. The normalized spacial score (nSPS) is 13.2. The van der Waals surface area contributed by atoms with E-state index in [1.165, 1.54) is 0 Å². The van der Waals surface area contributed by atoms with Crippen LogP contribution in [0.4, 0.5) is 0 Å². The Morgan fingerprint density at radius 2 is 1.60 bits per heavy atom. The average Bonchev–Trinajstić information content (AvgIpc) is 2.00. The van der Waals surface area contributed by atoms with E-state index in [0.717, 1.165) is 13.2 Å². The second kappa shape index (κ2) is 6.46. The molecule has 0 aromatic heterocycles. The van der Waals surface area contributed by atoms with Crippen molar-refractivity contribution >= 4 is 0 Å². The van der Waals surface area contributed by atoms with E-state index in [1.54, 1.807) is 0 Å². The zero-order valence-electron chi connectivity index (χ0n) is 11.1. The summed E-state index contributed by atoms with van der Waals surface area (Å²) < 4.78 is 11.1. The van der Waals surface area contributed by atoms with Crippen molar-refractivity contribution in [2.45, 2.75) is 40.2 Å². The van der Waals surface area contributed by atoms with E-state index < -0.39 is 0 Å². The molecule has 0 bridgehead atoms. The summed E-state index contributed by atoms with van der Waals surface area (Å²) in [5.41, 5.74) is 0.125. The van der Waals surface area contributed by atoms with Gasteiger partial charge in [0.1, 0.15) is 0 Å². The number of nitrogens with one attached hydrogen (secondary N) is 1. The van der Waals surface area contributed by atoms with Crippen molar-refractivity contribution < 1.29 is 9.47 Å². The van der Waals surface area contributed by atoms with Gasteiger partial charge in [-0.2, -0.15) is 0 Å². The van der Waals surface area contributed by atoms with Gasteiger partial charge in [0.2, 0.25) is 0 Å². The molecule has 0 aliphatic rings. The molecule has 0 fully saturated rings. The molecular weight excluding hydrogens is 190 g/mol. The van der Waals surface area contributed by atoms with Gasteiger partial charge in [0.15, 0.2) is 0 Å². The first kappa shape index (κ1) is 14.9. The lowest BCUT2D eigenvalue weighted by Gasteiger charge is -2.24. The fourth-order valence-corrected chi connectivity index (χ4v) is 1.28. The van der Waals surface area contributed by atoms with Crippen molar-refractivity contribution in [3.8, 4) is 0 Å². The third-order valence-electron chi connectivity index (χ3n) is 1.91. The van der Waals surface area contributed by atoms with Crippen LogP contribution in [-0.4, -0.2) is 39.0 Å². The van der Waals surface area contributed by atoms with Gasteiger partial charge in [0, 0.05) is 12.0 Å². The van der Waals surface area contributed by atoms with Gasteiger partial charge < -0.3 is 14.8 Å². The van der Waals surface area contributed by atoms with E-state index in [1.807, 2.05) is 7.05 Å². The van der Waals surface area contributed by atoms with Gasteiger partial charge in [-0.1, -0.05) is 13.8 Å². The van der Waals surface area contributed by atoms with Gasteiger partial charge in [-0.05, 0) is 27.8 Å². The summed E-state index contributed by atoms with van der Waals surface area (Å²) in [7, 11) is 1.96. The Bertz CT molecular complexity index is 161. The Labute approximate surface area is 94.5 Å². The van der Waals surface area contributed by atoms with Gasteiger partial charge in [-0.25, -0.2) is 0 Å². The standard InChI is InChI=1S/C12H27NO2/c1-11(2,3)15-8-7-14-10-12(4,5)9-13-6/h13H,7-10H2,1-6H3. The van der Waals surface area contributed by atoms with Crippen molar-refractivity contribution in [1.29, 1.82) is 0 Å². The summed E-state index contributed by atoms with van der Waals surface area (Å²) >= 11 is 0. The maximum Gasteiger partial charge on any atom is 0.0707 e. The smallest absolute Gasteiger partial charge is 0.0707 e. The quantitative estimate of drug-likeness (QED) is 0.662. The molecule has 0 atom stereocenters. The van der Waals surface area contributed by atoms with E-state index in [9.17, 15) is 0 Å². The van der Waals surface area contributed by atoms with Gasteiger partial charge in [-0.15, -0.1) is 0 Å². The fraction of sp³-hybridized carbons (Fsp3) is 1.00. The summed E-state index contributed by atoms with van der Waals surface area (Å²) in [6, 6.07) is 0. The molecule has 0 aromatic rings. The first-order valence-electron chi connectivity index (χ1n) is 5.63. The van der Waals surface area contributed by atoms with Crippen molar-refractivity contribution in [3.05, 3.63) is 0 Å². The Kier molecular flexibility index (Phi) is 6.41. The third kappa shape index (κ3) is 10.2. The minimum atomic E-state index is -0.0656. The highest BCUT2D eigenvalue weighted by Gasteiger charge is 2.17. The minimum Gasteiger partial charge on any atom is -0.378 e. The SMILES string of the molecule is CNCC(C)(C)COCCOC(C)(C)C. The molecule has 0 saturated carbocycles. The summed E-state index contributed by atoms with van der Waals surface area (Å²) in [4.78, 5) is 0. The molecule has 0 heterocycles. The summed E-state index contributed by atoms with van der Waals surface area (Å²) in [6.45, 7) is 13.6. The van der Waals surface area contributed by atoms with Crippen LogP contribution < -0.4 is 5.32 Å². The molecule has 1 N–H and O–H groups in total. The first-order valence-corrected chi connectivity index (χ1v) is 5.63. The molecule has 0 radical (unpaired) electrons. The molecule has 0 amide bonds. The molecule has 15 heavy (non-hydrogen) atoms. The molecule has 0 aromatic carbocycles. The van der Waals surface area contributed by atoms with Crippen LogP contribution in [0.1, 0.15) is 34.6 Å². The van der Waals surface area contributed by atoms with Crippen LogP contribution in [0.5, 0.6) is 0 Å². The Hall–Kier alpha value is -0.120. The van der Waals surface area contributed by atoms with Crippen molar-refractivity contribution in [3.63, 3.8) is 0 Å². The second-order valence-electron chi connectivity index (χ2n) is 5.71. The van der Waals surface area contributed by atoms with Crippen LogP contribution in [0.15, 0.2) is 0 Å². The molecule has 0 aliphatic heterocycles. The van der Waals surface area contributed by atoms with Crippen LogP contribution in [0.25, 0.3) is 0 Å². The number of hydrogen-bond donors (Lipinski definition) is 1. The van der Waals surface area contributed by atoms with Crippen molar-refractivity contribution in [2.75, 3.05) is 33.4 Å². The Morgan fingerprint density at radius 3 is 2.07 bits per heavy atom. The lowest BCUT2D eigenvalue weighted by Crippen LogP contribution is -2.32. The maximum absolute atomic E-state index is 5.58. The Balaban J connectivity index is 3.46. The lowest BCUT2D eigenvalue weighted by atomic mass is 9.95. The number of hydrogen-bond acceptors (Lipinski definition) is 3. The summed E-state index contributed by atoms with van der Waals surface area (Å²) in [5, 5.41) is 3.16. The van der Waals surface area contributed by atoms with Crippen molar-refractivity contribution in [1.82, 2.24) is 5.32 Å². The van der Waals surface area contributed by atoms with E-state index in [0.29, 0.717) is 13.2 Å². The minimum absolute atomic E-state index is 0.0656. The van der Waals surface area contributed by atoms with E-state index in [-0.39, 0.29) is 11.0 Å². The Morgan fingerprint density at radius 1 is 1.00 bits per heavy atom. The highest BCUT2D eigenvalue weighted by Crippen LogP contribution is 2.13. The highest BCUT2D eigenvalue weighted by atomic mass is 16.5.